The van der Waals surface area contributed by atoms with Gasteiger partial charge in [0, 0.05) is 11.8 Å². The van der Waals surface area contributed by atoms with Crippen LogP contribution in [0.5, 0.6) is 5.88 Å². The van der Waals surface area contributed by atoms with Crippen molar-refractivity contribution in [2.45, 2.75) is 64.4 Å². The highest BCUT2D eigenvalue weighted by atomic mass is 35.5. The highest BCUT2D eigenvalue weighted by Crippen LogP contribution is 2.40. The molecule has 0 aliphatic carbocycles. The Labute approximate surface area is 232 Å². The monoisotopic (exact) mass is 580 g/mol. The maximum Gasteiger partial charge on any atom is 0.425 e. The largest absolute Gasteiger partial charge is 0.443 e. The van der Waals surface area contributed by atoms with Gasteiger partial charge in [-0.25, -0.2) is 28.9 Å². The Morgan fingerprint density at radius 3 is 2.33 bits per heavy atom. The fraction of sp³-hybridized carbons (Fsp3) is 0.417. The minimum Gasteiger partial charge on any atom is -0.443 e. The predicted molar refractivity (Wildman–Crippen MR) is 141 cm³/mol. The number of carbonyl (C=O) groups excluding carboxylic acids is 2. The first kappa shape index (κ1) is 28.5. The van der Waals surface area contributed by atoms with Gasteiger partial charge >= 0.3 is 12.2 Å². The Bertz CT molecular complexity index is 1420. The normalized spacial score (nSPS) is 13.2. The number of halogens is 2. The van der Waals surface area contributed by atoms with Crippen LogP contribution in [0.25, 0.3) is 10.9 Å². The summed E-state index contributed by atoms with van der Waals surface area (Å²) < 4.78 is 25.8. The number of anilines is 2. The number of pyridine rings is 2. The summed E-state index contributed by atoms with van der Waals surface area (Å²) in [5, 5.41) is 1.11. The van der Waals surface area contributed by atoms with E-state index in [0.29, 0.717) is 10.5 Å². The Kier molecular flexibility index (Phi) is 7.74. The molecule has 1 aliphatic heterocycles. The zero-order valence-corrected chi connectivity index (χ0v) is 23.8. The standard InChI is InChI=1S/C24H26ClFN6O6S/c1-23(2,3)35-21(33)32(22(34)36-24(4,5)6)17-12(9-8-10-27-17)11-31-18-13-15(28-20(30-18)39-7)14(26)16(25)29-19(13)37-38-31/h8-10H,11H2,1-7H3. The van der Waals surface area contributed by atoms with E-state index in [-0.39, 0.29) is 40.1 Å². The zero-order valence-electron chi connectivity index (χ0n) is 22.2. The van der Waals surface area contributed by atoms with Gasteiger partial charge in [0.15, 0.2) is 27.8 Å². The Balaban J connectivity index is 1.80. The molecule has 39 heavy (non-hydrogen) atoms. The minimum absolute atomic E-state index is 0.0776. The van der Waals surface area contributed by atoms with E-state index in [1.54, 1.807) is 59.9 Å². The van der Waals surface area contributed by atoms with E-state index < -0.39 is 34.4 Å². The molecule has 0 aromatic carbocycles. The third kappa shape index (κ3) is 6.23. The van der Waals surface area contributed by atoms with Crippen molar-refractivity contribution in [3.05, 3.63) is 34.9 Å². The molecule has 0 fully saturated rings. The van der Waals surface area contributed by atoms with Crippen LogP contribution in [0.3, 0.4) is 0 Å². The summed E-state index contributed by atoms with van der Waals surface area (Å²) in [5.74, 6) is -0.912. The van der Waals surface area contributed by atoms with Gasteiger partial charge in [0.2, 0.25) is 0 Å². The molecule has 0 atom stereocenters. The number of rotatable bonds is 4. The molecular formula is C24H26ClFN6O6S. The second kappa shape index (κ2) is 10.6. The van der Waals surface area contributed by atoms with Gasteiger partial charge in [-0.05, 0) is 53.9 Å². The van der Waals surface area contributed by atoms with Crippen LogP contribution in [0.2, 0.25) is 5.15 Å². The van der Waals surface area contributed by atoms with E-state index in [1.165, 1.54) is 23.0 Å². The van der Waals surface area contributed by atoms with E-state index in [1.807, 2.05) is 0 Å². The lowest BCUT2D eigenvalue weighted by Gasteiger charge is -2.30. The van der Waals surface area contributed by atoms with Gasteiger partial charge < -0.3 is 9.47 Å². The van der Waals surface area contributed by atoms with E-state index in [9.17, 15) is 14.0 Å². The lowest BCUT2D eigenvalue weighted by atomic mass is 10.2. The van der Waals surface area contributed by atoms with Gasteiger partial charge in [-0.1, -0.05) is 34.4 Å². The molecule has 3 aromatic heterocycles. The summed E-state index contributed by atoms with van der Waals surface area (Å²) in [4.78, 5) is 54.6. The van der Waals surface area contributed by atoms with E-state index >= 15 is 0 Å². The van der Waals surface area contributed by atoms with Gasteiger partial charge in [0.25, 0.3) is 5.88 Å². The van der Waals surface area contributed by atoms with Crippen LogP contribution >= 0.6 is 23.4 Å². The van der Waals surface area contributed by atoms with Crippen molar-refractivity contribution >= 4 is 58.1 Å². The quantitative estimate of drug-likeness (QED) is 0.159. The number of ether oxygens (including phenoxy) is 2. The molecule has 0 saturated heterocycles. The van der Waals surface area contributed by atoms with Gasteiger partial charge in [-0.3, -0.25) is 4.89 Å². The SMILES string of the molecule is CSc1nc2c3c(nc(Cl)c(F)c3n1)OON2Cc1cccnc1N(C(=O)OC(C)(C)C)C(=O)OC(C)(C)C. The van der Waals surface area contributed by atoms with Gasteiger partial charge in [-0.15, -0.1) is 0 Å². The lowest BCUT2D eigenvalue weighted by molar-refractivity contribution is -0.227. The molecule has 3 aromatic rings. The highest BCUT2D eigenvalue weighted by molar-refractivity contribution is 7.98. The Morgan fingerprint density at radius 1 is 1.10 bits per heavy atom. The average Bonchev–Trinajstić information content (AvgIpc) is 2.82. The maximum atomic E-state index is 14.9. The molecule has 0 bridgehead atoms. The van der Waals surface area contributed by atoms with Crippen LogP contribution in [0.15, 0.2) is 23.5 Å². The topological polar surface area (TPSA) is 129 Å². The van der Waals surface area contributed by atoms with Gasteiger partial charge in [-0.2, -0.15) is 14.9 Å². The van der Waals surface area contributed by atoms with Crippen molar-refractivity contribution in [1.29, 1.82) is 0 Å². The summed E-state index contributed by atoms with van der Waals surface area (Å²) in [6, 6.07) is 3.21. The molecule has 0 unspecified atom stereocenters. The van der Waals surface area contributed by atoms with Crippen molar-refractivity contribution in [3.63, 3.8) is 0 Å². The van der Waals surface area contributed by atoms with E-state index in [4.69, 9.17) is 31.0 Å². The predicted octanol–water partition coefficient (Wildman–Crippen LogP) is 5.86. The van der Waals surface area contributed by atoms with Crippen molar-refractivity contribution in [2.75, 3.05) is 16.2 Å². The summed E-state index contributed by atoms with van der Waals surface area (Å²) in [6.45, 7) is 9.82. The van der Waals surface area contributed by atoms with Crippen LogP contribution in [-0.4, -0.2) is 49.6 Å². The van der Waals surface area contributed by atoms with Crippen LogP contribution in [0.4, 0.5) is 25.6 Å². The molecule has 0 spiro atoms. The molecule has 0 N–H and O–H groups in total. The molecular weight excluding hydrogens is 555 g/mol. The molecule has 0 radical (unpaired) electrons. The van der Waals surface area contributed by atoms with Crippen molar-refractivity contribution in [1.82, 2.24) is 19.9 Å². The van der Waals surface area contributed by atoms with Crippen LogP contribution in [0, 0.1) is 5.82 Å². The maximum absolute atomic E-state index is 14.9. The lowest BCUT2D eigenvalue weighted by Crippen LogP contribution is -2.45. The second-order valence-corrected chi connectivity index (χ2v) is 11.4. The first-order valence-electron chi connectivity index (χ1n) is 11.6. The fourth-order valence-corrected chi connectivity index (χ4v) is 3.92. The average molecular weight is 581 g/mol. The second-order valence-electron chi connectivity index (χ2n) is 10.3. The summed E-state index contributed by atoms with van der Waals surface area (Å²) in [6.07, 6.45) is 1.14. The van der Waals surface area contributed by atoms with E-state index in [0.717, 1.165) is 0 Å². The molecule has 12 nitrogen and oxygen atoms in total. The number of carbonyl (C=O) groups is 2. The summed E-state index contributed by atoms with van der Waals surface area (Å²) in [5.41, 5.74) is -1.62. The first-order valence-corrected chi connectivity index (χ1v) is 13.2. The number of imide groups is 1. The third-order valence-electron chi connectivity index (χ3n) is 4.84. The molecule has 2 amide bonds. The van der Waals surface area contributed by atoms with Gasteiger partial charge in [0.1, 0.15) is 22.1 Å². The minimum atomic E-state index is -0.993. The number of hydroxylamine groups is 1. The molecule has 208 valence electrons. The zero-order chi connectivity index (χ0) is 28.7. The number of aromatic nitrogens is 4. The number of amides is 2. The molecule has 4 heterocycles. The van der Waals surface area contributed by atoms with Crippen molar-refractivity contribution in [2.24, 2.45) is 0 Å². The number of hydrogen-bond donors (Lipinski definition) is 0. The fourth-order valence-electron chi connectivity index (χ4n) is 3.40. The molecule has 0 saturated carbocycles. The summed E-state index contributed by atoms with van der Waals surface area (Å²) >= 11 is 7.09. The Morgan fingerprint density at radius 2 is 1.74 bits per heavy atom. The highest BCUT2D eigenvalue weighted by Gasteiger charge is 2.36. The smallest absolute Gasteiger partial charge is 0.425 e. The van der Waals surface area contributed by atoms with Crippen LogP contribution < -0.4 is 14.9 Å². The van der Waals surface area contributed by atoms with Crippen molar-refractivity contribution in [3.8, 4) is 5.88 Å². The van der Waals surface area contributed by atoms with Crippen LogP contribution in [0.1, 0.15) is 47.1 Å². The first-order chi connectivity index (χ1) is 18.2. The third-order valence-corrected chi connectivity index (χ3v) is 5.64. The van der Waals surface area contributed by atoms with Crippen LogP contribution in [-0.2, 0) is 21.0 Å². The van der Waals surface area contributed by atoms with E-state index in [2.05, 4.69) is 19.9 Å². The number of thioether (sulfide) groups is 1. The molecule has 4 rings (SSSR count). The number of nitrogens with zero attached hydrogens (tertiary/aromatic N) is 6. The van der Waals surface area contributed by atoms with Crippen molar-refractivity contribution < 1.29 is 33.3 Å². The summed E-state index contributed by atoms with van der Waals surface area (Å²) in [7, 11) is 0. The number of hydrogen-bond acceptors (Lipinski definition) is 12. The Hall–Kier alpha value is -3.49. The van der Waals surface area contributed by atoms with Gasteiger partial charge in [0.05, 0.1) is 6.54 Å². The molecule has 15 heteroatoms. The molecule has 1 aliphatic rings.